The van der Waals surface area contributed by atoms with E-state index in [0.717, 1.165) is 24.4 Å². The monoisotopic (exact) mass is 250 g/mol. The second kappa shape index (κ2) is 6.87. The van der Waals surface area contributed by atoms with Crippen LogP contribution in [0.5, 0.6) is 0 Å². The van der Waals surface area contributed by atoms with Crippen LogP contribution in [-0.4, -0.2) is 22.3 Å². The summed E-state index contributed by atoms with van der Waals surface area (Å²) in [4.78, 5) is 9.84. The number of nitriles is 1. The van der Waals surface area contributed by atoms with Crippen molar-refractivity contribution in [3.8, 4) is 6.19 Å². The molecule has 5 heteroatoms. The first kappa shape index (κ1) is 13.5. The van der Waals surface area contributed by atoms with Crippen molar-refractivity contribution >= 4 is 17.4 Å². The molecule has 0 bridgehead atoms. The molecule has 0 aromatic carbocycles. The molecule has 0 aliphatic rings. The number of halogens is 1. The Balaban J connectivity index is 2.77. The van der Waals surface area contributed by atoms with Crippen LogP contribution in [-0.2, 0) is 6.54 Å². The zero-order valence-electron chi connectivity index (χ0n) is 10.0. The average Bonchev–Trinajstić information content (AvgIpc) is 2.31. The lowest BCUT2D eigenvalue weighted by molar-refractivity contribution is 0.409. The Labute approximate surface area is 107 Å². The van der Waals surface area contributed by atoms with Gasteiger partial charge < -0.3 is 4.90 Å². The van der Waals surface area contributed by atoms with Crippen molar-refractivity contribution in [3.63, 3.8) is 0 Å². The van der Waals surface area contributed by atoms with Gasteiger partial charge in [-0.1, -0.05) is 24.6 Å². The topological polar surface area (TPSA) is 52.3 Å². The highest BCUT2D eigenvalue weighted by Crippen LogP contribution is 2.09. The SMILES string of the molecule is CCCN(Cc1ccc(Cl)nc1)C(C)=NC#N. The highest BCUT2D eigenvalue weighted by Gasteiger charge is 2.07. The molecule has 0 N–H and O–H groups in total. The van der Waals surface area contributed by atoms with Crippen LogP contribution in [0.3, 0.4) is 0 Å². The predicted molar refractivity (Wildman–Crippen MR) is 68.7 cm³/mol. The molecule has 1 aromatic rings. The Hall–Kier alpha value is -1.60. The van der Waals surface area contributed by atoms with Crippen LogP contribution in [0, 0.1) is 11.5 Å². The Kier molecular flexibility index (Phi) is 5.44. The van der Waals surface area contributed by atoms with E-state index in [1.54, 1.807) is 12.3 Å². The minimum atomic E-state index is 0.484. The van der Waals surface area contributed by atoms with Gasteiger partial charge >= 0.3 is 0 Å². The van der Waals surface area contributed by atoms with Crippen molar-refractivity contribution in [2.45, 2.75) is 26.8 Å². The van der Waals surface area contributed by atoms with Crippen LogP contribution in [0.2, 0.25) is 5.15 Å². The fraction of sp³-hybridized carbons (Fsp3) is 0.417. The van der Waals surface area contributed by atoms with E-state index >= 15 is 0 Å². The first-order valence-electron chi connectivity index (χ1n) is 5.46. The molecule has 17 heavy (non-hydrogen) atoms. The van der Waals surface area contributed by atoms with E-state index in [2.05, 4.69) is 16.9 Å². The molecule has 0 unspecified atom stereocenters. The Bertz CT molecular complexity index is 419. The number of aromatic nitrogens is 1. The molecular formula is C12H15ClN4. The summed E-state index contributed by atoms with van der Waals surface area (Å²) in [5, 5.41) is 9.05. The quantitative estimate of drug-likeness (QED) is 0.357. The summed E-state index contributed by atoms with van der Waals surface area (Å²) < 4.78 is 0. The maximum absolute atomic E-state index is 8.56. The third kappa shape index (κ3) is 4.41. The summed E-state index contributed by atoms with van der Waals surface area (Å²) in [6.45, 7) is 5.48. The average molecular weight is 251 g/mol. The van der Waals surface area contributed by atoms with E-state index in [9.17, 15) is 0 Å². The molecule has 0 saturated heterocycles. The van der Waals surface area contributed by atoms with E-state index in [-0.39, 0.29) is 0 Å². The molecule has 0 radical (unpaired) electrons. The first-order valence-corrected chi connectivity index (χ1v) is 5.84. The lowest BCUT2D eigenvalue weighted by atomic mass is 10.2. The fourth-order valence-corrected chi connectivity index (χ4v) is 1.60. The summed E-state index contributed by atoms with van der Waals surface area (Å²) >= 11 is 5.73. The molecular weight excluding hydrogens is 236 g/mol. The molecule has 0 spiro atoms. The van der Waals surface area contributed by atoms with Crippen molar-refractivity contribution in [1.82, 2.24) is 9.88 Å². The van der Waals surface area contributed by atoms with Gasteiger partial charge in [-0.2, -0.15) is 10.3 Å². The summed E-state index contributed by atoms with van der Waals surface area (Å²) in [5.41, 5.74) is 1.05. The van der Waals surface area contributed by atoms with Gasteiger partial charge in [0.05, 0.1) is 0 Å². The van der Waals surface area contributed by atoms with Gasteiger partial charge in [0.15, 0.2) is 0 Å². The second-order valence-electron chi connectivity index (χ2n) is 3.67. The molecule has 0 aliphatic carbocycles. The number of hydrogen-bond donors (Lipinski definition) is 0. The molecule has 4 nitrogen and oxygen atoms in total. The van der Waals surface area contributed by atoms with E-state index in [1.165, 1.54) is 0 Å². The summed E-state index contributed by atoms with van der Waals surface area (Å²) in [7, 11) is 0. The molecule has 0 fully saturated rings. The number of aliphatic imine (C=N–C) groups is 1. The second-order valence-corrected chi connectivity index (χ2v) is 4.06. The van der Waals surface area contributed by atoms with Gasteiger partial charge in [0.25, 0.3) is 0 Å². The van der Waals surface area contributed by atoms with Crippen LogP contribution in [0.4, 0.5) is 0 Å². The van der Waals surface area contributed by atoms with Gasteiger partial charge in [-0.15, -0.1) is 0 Å². The standard InChI is InChI=1S/C12H15ClN4/c1-3-6-17(10(2)16-9-14)8-11-4-5-12(13)15-7-11/h4-5,7H,3,6,8H2,1-2H3. The van der Waals surface area contributed by atoms with E-state index in [1.807, 2.05) is 24.1 Å². The van der Waals surface area contributed by atoms with Gasteiger partial charge in [-0.3, -0.25) is 0 Å². The highest BCUT2D eigenvalue weighted by atomic mass is 35.5. The molecule has 0 amide bonds. The minimum Gasteiger partial charge on any atom is -0.355 e. The largest absolute Gasteiger partial charge is 0.355 e. The van der Waals surface area contributed by atoms with Crippen LogP contribution in [0.15, 0.2) is 23.3 Å². The maximum Gasteiger partial charge on any atom is 0.207 e. The molecule has 1 rings (SSSR count). The third-order valence-electron chi connectivity index (χ3n) is 2.33. The van der Waals surface area contributed by atoms with Crippen LogP contribution in [0.25, 0.3) is 0 Å². The van der Waals surface area contributed by atoms with Gasteiger partial charge in [-0.05, 0) is 25.0 Å². The molecule has 0 aliphatic heterocycles. The number of pyridine rings is 1. The smallest absolute Gasteiger partial charge is 0.207 e. The van der Waals surface area contributed by atoms with Crippen molar-refractivity contribution in [2.75, 3.05) is 6.54 Å². The molecule has 90 valence electrons. The van der Waals surface area contributed by atoms with Crippen LogP contribution in [0.1, 0.15) is 25.8 Å². The van der Waals surface area contributed by atoms with Crippen molar-refractivity contribution in [1.29, 1.82) is 5.26 Å². The maximum atomic E-state index is 8.56. The minimum absolute atomic E-state index is 0.484. The van der Waals surface area contributed by atoms with Gasteiger partial charge in [0, 0.05) is 19.3 Å². The Morgan fingerprint density at radius 2 is 2.35 bits per heavy atom. The first-order chi connectivity index (χ1) is 8.17. The predicted octanol–water partition coefficient (Wildman–Crippen LogP) is 2.85. The molecule has 0 atom stereocenters. The Morgan fingerprint density at radius 3 is 2.88 bits per heavy atom. The van der Waals surface area contributed by atoms with E-state index in [0.29, 0.717) is 11.7 Å². The van der Waals surface area contributed by atoms with Gasteiger partial charge in [0.2, 0.25) is 6.19 Å². The van der Waals surface area contributed by atoms with Gasteiger partial charge in [0.1, 0.15) is 11.0 Å². The number of rotatable bonds is 4. The normalized spacial score (nSPS) is 11.1. The van der Waals surface area contributed by atoms with Crippen molar-refractivity contribution in [2.24, 2.45) is 4.99 Å². The lowest BCUT2D eigenvalue weighted by Crippen LogP contribution is -2.29. The lowest BCUT2D eigenvalue weighted by Gasteiger charge is -2.22. The van der Waals surface area contributed by atoms with Crippen molar-refractivity contribution in [3.05, 3.63) is 29.0 Å². The number of hydrogen-bond acceptors (Lipinski definition) is 3. The van der Waals surface area contributed by atoms with Crippen LogP contribution < -0.4 is 0 Å². The number of nitrogens with zero attached hydrogens (tertiary/aromatic N) is 4. The Morgan fingerprint density at radius 1 is 1.59 bits per heavy atom. The zero-order valence-corrected chi connectivity index (χ0v) is 10.8. The van der Waals surface area contributed by atoms with E-state index < -0.39 is 0 Å². The number of amidine groups is 1. The fourth-order valence-electron chi connectivity index (χ4n) is 1.49. The third-order valence-corrected chi connectivity index (χ3v) is 2.55. The van der Waals surface area contributed by atoms with Gasteiger partial charge in [-0.25, -0.2) is 4.98 Å². The molecule has 1 heterocycles. The zero-order chi connectivity index (χ0) is 12.7. The van der Waals surface area contributed by atoms with Crippen LogP contribution >= 0.6 is 11.6 Å². The highest BCUT2D eigenvalue weighted by molar-refractivity contribution is 6.29. The summed E-state index contributed by atoms with van der Waals surface area (Å²) in [6, 6.07) is 3.69. The summed E-state index contributed by atoms with van der Waals surface area (Å²) in [6.07, 6.45) is 4.55. The van der Waals surface area contributed by atoms with E-state index in [4.69, 9.17) is 16.9 Å². The summed E-state index contributed by atoms with van der Waals surface area (Å²) in [5.74, 6) is 0.726. The molecule has 0 saturated carbocycles. The molecule has 1 aromatic heterocycles. The van der Waals surface area contributed by atoms with Crippen molar-refractivity contribution < 1.29 is 0 Å².